The Balaban J connectivity index is 2.46. The maximum absolute atomic E-state index is 12.8. The van der Waals surface area contributed by atoms with Crippen molar-refractivity contribution in [2.45, 2.75) is 39.8 Å². The van der Waals surface area contributed by atoms with Gasteiger partial charge in [0.1, 0.15) is 5.75 Å². The number of hydrogen-bond acceptors (Lipinski definition) is 3. The van der Waals surface area contributed by atoms with E-state index in [1.54, 1.807) is 14.0 Å². The van der Waals surface area contributed by atoms with Crippen LogP contribution < -0.4 is 10.1 Å². The summed E-state index contributed by atoms with van der Waals surface area (Å²) < 4.78 is 7.42. The van der Waals surface area contributed by atoms with Crippen LogP contribution in [-0.2, 0) is 11.3 Å². The van der Waals surface area contributed by atoms with Crippen molar-refractivity contribution in [2.75, 3.05) is 7.11 Å². The average molecular weight is 344 g/mol. The standard InChI is InChI=1S/C19H24N2O4/c1-5-10-21-13(3)18(15-11-14(25-4)7-8-16(15)21)19(24)20-12(2)6-9-17(22)23/h6-9,11-12H,5,10H2,1-4H3,(H,20,24)(H,22,23)/b9-6+. The Morgan fingerprint density at radius 1 is 1.40 bits per heavy atom. The molecule has 6 nitrogen and oxygen atoms in total. The number of carboxylic acids is 1. The monoisotopic (exact) mass is 344 g/mol. The molecule has 1 atom stereocenters. The van der Waals surface area contributed by atoms with Crippen LogP contribution in [0.4, 0.5) is 0 Å². The number of rotatable bonds is 7. The zero-order valence-electron chi connectivity index (χ0n) is 15.0. The second kappa shape index (κ2) is 7.88. The first-order valence-corrected chi connectivity index (χ1v) is 8.27. The van der Waals surface area contributed by atoms with Gasteiger partial charge in [0.25, 0.3) is 5.91 Å². The number of nitrogens with zero attached hydrogens (tertiary/aromatic N) is 1. The van der Waals surface area contributed by atoms with Gasteiger partial charge < -0.3 is 19.7 Å². The molecule has 1 amide bonds. The van der Waals surface area contributed by atoms with Gasteiger partial charge in [-0.05, 0) is 38.5 Å². The predicted molar refractivity (Wildman–Crippen MR) is 97.2 cm³/mol. The highest BCUT2D eigenvalue weighted by atomic mass is 16.5. The number of amides is 1. The molecule has 134 valence electrons. The van der Waals surface area contributed by atoms with E-state index in [1.165, 1.54) is 6.08 Å². The first kappa shape index (κ1) is 18.6. The van der Waals surface area contributed by atoms with Crippen LogP contribution in [0.25, 0.3) is 10.9 Å². The summed E-state index contributed by atoms with van der Waals surface area (Å²) in [4.78, 5) is 23.4. The van der Waals surface area contributed by atoms with Gasteiger partial charge in [0, 0.05) is 35.3 Å². The summed E-state index contributed by atoms with van der Waals surface area (Å²) in [6.07, 6.45) is 3.43. The zero-order valence-corrected chi connectivity index (χ0v) is 15.0. The molecule has 0 fully saturated rings. The molecule has 6 heteroatoms. The lowest BCUT2D eigenvalue weighted by molar-refractivity contribution is -0.131. The van der Waals surface area contributed by atoms with Gasteiger partial charge in [0.05, 0.1) is 12.7 Å². The van der Waals surface area contributed by atoms with Crippen LogP contribution in [-0.4, -0.2) is 34.7 Å². The molecular formula is C19H24N2O4. The predicted octanol–water partition coefficient (Wildman–Crippen LogP) is 3.13. The van der Waals surface area contributed by atoms with Crippen molar-refractivity contribution in [1.82, 2.24) is 9.88 Å². The summed E-state index contributed by atoms with van der Waals surface area (Å²) in [5.74, 6) is -0.580. The van der Waals surface area contributed by atoms with Gasteiger partial charge in [0.2, 0.25) is 0 Å². The molecule has 25 heavy (non-hydrogen) atoms. The summed E-state index contributed by atoms with van der Waals surface area (Å²) in [5.41, 5.74) is 2.47. The number of carboxylic acid groups (broad SMARTS) is 1. The van der Waals surface area contributed by atoms with E-state index in [9.17, 15) is 9.59 Å². The van der Waals surface area contributed by atoms with Crippen molar-refractivity contribution in [3.8, 4) is 5.75 Å². The second-order valence-corrected chi connectivity index (χ2v) is 5.95. The van der Waals surface area contributed by atoms with Crippen molar-refractivity contribution in [3.05, 3.63) is 41.6 Å². The minimum atomic E-state index is -1.04. The third-order valence-corrected chi connectivity index (χ3v) is 4.09. The Bertz CT molecular complexity index is 820. The number of aromatic nitrogens is 1. The maximum Gasteiger partial charge on any atom is 0.328 e. The van der Waals surface area contributed by atoms with E-state index >= 15 is 0 Å². The highest BCUT2D eigenvalue weighted by Gasteiger charge is 2.21. The fourth-order valence-electron chi connectivity index (χ4n) is 2.94. The SMILES string of the molecule is CCCn1c(C)c(C(=O)NC(C)/C=C/C(=O)O)c2cc(OC)ccc21. The lowest BCUT2D eigenvalue weighted by Gasteiger charge is -2.10. The van der Waals surface area contributed by atoms with Crippen LogP contribution in [0.2, 0.25) is 0 Å². The fourth-order valence-corrected chi connectivity index (χ4v) is 2.94. The molecule has 1 aromatic heterocycles. The highest BCUT2D eigenvalue weighted by molar-refractivity contribution is 6.09. The van der Waals surface area contributed by atoms with E-state index in [0.717, 1.165) is 35.6 Å². The Labute approximate surface area is 147 Å². The summed E-state index contributed by atoms with van der Waals surface area (Å²) in [5, 5.41) is 12.4. The molecule has 0 aliphatic carbocycles. The smallest absolute Gasteiger partial charge is 0.328 e. The third kappa shape index (κ3) is 4.02. The van der Waals surface area contributed by atoms with Crippen molar-refractivity contribution in [1.29, 1.82) is 0 Å². The summed E-state index contributed by atoms with van der Waals surface area (Å²) in [6, 6.07) is 5.31. The molecule has 0 spiro atoms. The maximum atomic E-state index is 12.8. The van der Waals surface area contributed by atoms with Gasteiger partial charge in [-0.1, -0.05) is 13.0 Å². The molecule has 1 aromatic carbocycles. The van der Waals surface area contributed by atoms with E-state index in [-0.39, 0.29) is 5.91 Å². The van der Waals surface area contributed by atoms with Gasteiger partial charge in [-0.15, -0.1) is 0 Å². The number of methoxy groups -OCH3 is 1. The summed E-state index contributed by atoms with van der Waals surface area (Å²) >= 11 is 0. The molecule has 0 aliphatic heterocycles. The number of carbonyl (C=O) groups is 2. The van der Waals surface area contributed by atoms with Crippen molar-refractivity contribution >= 4 is 22.8 Å². The number of aryl methyl sites for hydroxylation is 1. The lowest BCUT2D eigenvalue weighted by atomic mass is 10.1. The quantitative estimate of drug-likeness (QED) is 0.756. The normalized spacial score (nSPS) is 12.5. The van der Waals surface area contributed by atoms with Crippen molar-refractivity contribution in [3.63, 3.8) is 0 Å². The Kier molecular flexibility index (Phi) is 5.85. The molecule has 0 aliphatic rings. The van der Waals surface area contributed by atoms with Gasteiger partial charge in [-0.2, -0.15) is 0 Å². The van der Waals surface area contributed by atoms with Crippen LogP contribution in [0.15, 0.2) is 30.4 Å². The number of benzene rings is 1. The number of fused-ring (bicyclic) bond motifs is 1. The summed E-state index contributed by atoms with van der Waals surface area (Å²) in [7, 11) is 1.59. The van der Waals surface area contributed by atoms with Crippen LogP contribution >= 0.6 is 0 Å². The molecule has 2 N–H and O–H groups in total. The first-order valence-electron chi connectivity index (χ1n) is 8.27. The lowest BCUT2D eigenvalue weighted by Crippen LogP contribution is -2.31. The Hall–Kier alpha value is -2.76. The molecule has 2 rings (SSSR count). The number of aliphatic carboxylic acids is 1. The van der Waals surface area contributed by atoms with E-state index in [1.807, 2.05) is 25.1 Å². The van der Waals surface area contributed by atoms with E-state index < -0.39 is 12.0 Å². The molecule has 0 bridgehead atoms. The fraction of sp³-hybridized carbons (Fsp3) is 0.368. The molecule has 1 heterocycles. The highest BCUT2D eigenvalue weighted by Crippen LogP contribution is 2.29. The number of nitrogens with one attached hydrogen (secondary N) is 1. The van der Waals surface area contributed by atoms with Crippen molar-refractivity contribution < 1.29 is 19.4 Å². The minimum Gasteiger partial charge on any atom is -0.497 e. The van der Waals surface area contributed by atoms with Gasteiger partial charge >= 0.3 is 5.97 Å². The van der Waals surface area contributed by atoms with Crippen LogP contribution in [0.5, 0.6) is 5.75 Å². The largest absolute Gasteiger partial charge is 0.497 e. The molecule has 2 aromatic rings. The summed E-state index contributed by atoms with van der Waals surface area (Å²) in [6.45, 7) is 6.57. The molecule has 0 saturated carbocycles. The van der Waals surface area contributed by atoms with E-state index in [0.29, 0.717) is 11.3 Å². The van der Waals surface area contributed by atoms with Gasteiger partial charge in [-0.25, -0.2) is 4.79 Å². The number of ether oxygens (including phenoxy) is 1. The Morgan fingerprint density at radius 2 is 2.12 bits per heavy atom. The first-order chi connectivity index (χ1) is 11.9. The van der Waals surface area contributed by atoms with Crippen molar-refractivity contribution in [2.24, 2.45) is 0 Å². The Morgan fingerprint density at radius 3 is 2.72 bits per heavy atom. The van der Waals surface area contributed by atoms with E-state index in [4.69, 9.17) is 9.84 Å². The molecule has 0 saturated heterocycles. The molecule has 0 radical (unpaired) electrons. The number of carbonyl (C=O) groups excluding carboxylic acids is 1. The van der Waals surface area contributed by atoms with Crippen LogP contribution in [0.3, 0.4) is 0 Å². The average Bonchev–Trinajstić information content (AvgIpc) is 2.84. The number of hydrogen-bond donors (Lipinski definition) is 2. The van der Waals surface area contributed by atoms with Crippen LogP contribution in [0.1, 0.15) is 36.3 Å². The molecular weight excluding hydrogens is 320 g/mol. The zero-order chi connectivity index (χ0) is 18.6. The second-order valence-electron chi connectivity index (χ2n) is 5.95. The third-order valence-electron chi connectivity index (χ3n) is 4.09. The van der Waals surface area contributed by atoms with Crippen LogP contribution in [0, 0.1) is 6.92 Å². The van der Waals surface area contributed by atoms with Gasteiger partial charge in [-0.3, -0.25) is 4.79 Å². The van der Waals surface area contributed by atoms with Gasteiger partial charge in [0.15, 0.2) is 0 Å². The molecule has 1 unspecified atom stereocenters. The van der Waals surface area contributed by atoms with E-state index in [2.05, 4.69) is 16.8 Å². The minimum absolute atomic E-state index is 0.229. The topological polar surface area (TPSA) is 80.6 Å².